The Kier molecular flexibility index (Phi) is 32.0. The van der Waals surface area contributed by atoms with Crippen molar-refractivity contribution < 1.29 is 112 Å². The third-order valence-electron chi connectivity index (χ3n) is 16.2. The van der Waals surface area contributed by atoms with Crippen LogP contribution in [-0.2, 0) is 70.1 Å². The van der Waals surface area contributed by atoms with Crippen LogP contribution < -0.4 is 30.2 Å². The highest BCUT2D eigenvalue weighted by Gasteiger charge is 2.50. The molecule has 0 spiro atoms. The molecule has 594 valence electrons. The summed E-state index contributed by atoms with van der Waals surface area (Å²) in [7, 11) is -12.0. The van der Waals surface area contributed by atoms with E-state index < -0.39 is 169 Å². The fourth-order valence-corrected chi connectivity index (χ4v) is 17.0. The van der Waals surface area contributed by atoms with Crippen molar-refractivity contribution in [3.8, 4) is 17.2 Å². The van der Waals surface area contributed by atoms with Gasteiger partial charge in [0.1, 0.15) is 53.9 Å². The van der Waals surface area contributed by atoms with Crippen LogP contribution in [0, 0.1) is 52.8 Å². The van der Waals surface area contributed by atoms with Gasteiger partial charge in [-0.1, -0.05) is 75.4 Å². The van der Waals surface area contributed by atoms with Crippen LogP contribution in [0.3, 0.4) is 0 Å². The lowest BCUT2D eigenvalue weighted by Gasteiger charge is -2.24. The minimum Gasteiger partial charge on any atom is -0.463 e. The second-order valence-electron chi connectivity index (χ2n) is 26.6. The molecule has 0 bridgehead atoms. The van der Waals surface area contributed by atoms with Gasteiger partial charge in [-0.15, -0.1) is 0 Å². The van der Waals surface area contributed by atoms with Gasteiger partial charge in [0.25, 0.3) is 16.7 Å². The van der Waals surface area contributed by atoms with E-state index in [4.69, 9.17) is 92.2 Å². The molecule has 18 atom stereocenters. The maximum absolute atomic E-state index is 15.0. The first-order valence-electron chi connectivity index (χ1n) is 34.2. The summed E-state index contributed by atoms with van der Waals surface area (Å²) >= 11 is 15.3. The zero-order valence-corrected chi connectivity index (χ0v) is 66.1. The minimum atomic E-state index is -4.00. The quantitative estimate of drug-likeness (QED) is 0.0106. The highest BCUT2D eigenvalue weighted by molar-refractivity contribution is 7.71. The maximum Gasteiger partial charge on any atom is 0.380 e. The zero-order valence-electron chi connectivity index (χ0n) is 61.0. The molecule has 108 heavy (non-hydrogen) atoms. The summed E-state index contributed by atoms with van der Waals surface area (Å²) in [4.78, 5) is 79.5. The number of benzene rings is 3. The normalized spacial score (nSPS) is 24.3. The standard InChI is InChI=1S/3C23H30FN2O8PS/c3*1-13(2)32-22(29)15(4)12-35(30,34-16-8-6-5-7-9-16)31-11-17-19(27)18(24)21(33-17)26-10-14(3)20(28)25-23(26)36/h3*5-10,13,15,17-19,21,27H,11-12H2,1-4H3,(H,25,28,36)/t15-,17+,18-,19?,21+,35?;15-,17+,18-,19?,21+,35+;15-,17+,18-,19?,21+,35-/m111/s1. The number of aryl methyl sites for hydroxylation is 3. The third kappa shape index (κ3) is 24.4. The van der Waals surface area contributed by atoms with Crippen LogP contribution >= 0.6 is 59.4 Å². The number of aromatic nitrogens is 6. The first kappa shape index (κ1) is 88.1. The topological polar surface area (TPSA) is 387 Å². The first-order valence-corrected chi connectivity index (χ1v) is 40.6. The average Bonchev–Trinajstić information content (AvgIpc) is 1.65. The summed E-state index contributed by atoms with van der Waals surface area (Å²) in [6.45, 7) is 17.8. The van der Waals surface area contributed by atoms with E-state index in [1.54, 1.807) is 133 Å². The van der Waals surface area contributed by atoms with Gasteiger partial charge in [-0.05, 0) is 135 Å². The summed E-state index contributed by atoms with van der Waals surface area (Å²) in [5.41, 5.74) is -0.442. The Morgan fingerprint density at radius 1 is 0.435 bits per heavy atom. The molecule has 9 rings (SSSR count). The molecule has 0 saturated carbocycles. The summed E-state index contributed by atoms with van der Waals surface area (Å²) in [5.74, 6) is -3.49. The van der Waals surface area contributed by atoms with Gasteiger partial charge in [0.15, 0.2) is 51.5 Å². The number of halogens is 3. The van der Waals surface area contributed by atoms with E-state index in [9.17, 15) is 71.0 Å². The summed E-state index contributed by atoms with van der Waals surface area (Å²) in [6, 6.07) is 24.7. The van der Waals surface area contributed by atoms with Crippen LogP contribution in [0.2, 0.25) is 0 Å². The van der Waals surface area contributed by atoms with Gasteiger partial charge in [0.2, 0.25) is 0 Å². The minimum absolute atomic E-state index is 0.0809. The molecule has 4 unspecified atom stereocenters. The van der Waals surface area contributed by atoms with E-state index in [2.05, 4.69) is 15.0 Å². The lowest BCUT2D eigenvalue weighted by Crippen LogP contribution is -2.32. The zero-order chi connectivity index (χ0) is 79.9. The monoisotopic (exact) mass is 1630 g/mol. The Hall–Kier alpha value is -7.11. The van der Waals surface area contributed by atoms with Crippen molar-refractivity contribution in [3.63, 3.8) is 0 Å². The Morgan fingerprint density at radius 2 is 0.657 bits per heavy atom. The van der Waals surface area contributed by atoms with Crippen molar-refractivity contribution >= 4 is 77.3 Å². The molecular weight excluding hydrogens is 1540 g/mol. The molecule has 3 aliphatic heterocycles. The molecule has 3 saturated heterocycles. The average molecular weight is 1630 g/mol. The molecule has 3 aromatic heterocycles. The number of aliphatic hydroxyl groups is 3. The molecule has 3 aromatic carbocycles. The molecular formula is C69H90F3N6O24P3S3. The number of nitrogens with zero attached hydrogens (tertiary/aromatic N) is 3. The molecule has 0 radical (unpaired) electrons. The van der Waals surface area contributed by atoms with Gasteiger partial charge < -0.3 is 57.3 Å². The Balaban J connectivity index is 0.000000226. The van der Waals surface area contributed by atoms with Crippen molar-refractivity contribution in [2.45, 2.75) is 175 Å². The highest BCUT2D eigenvalue weighted by Crippen LogP contribution is 2.54. The van der Waals surface area contributed by atoms with Crippen molar-refractivity contribution in [1.29, 1.82) is 0 Å². The Morgan fingerprint density at radius 3 is 0.870 bits per heavy atom. The second-order valence-corrected chi connectivity index (χ2v) is 33.8. The van der Waals surface area contributed by atoms with Crippen LogP contribution in [0.25, 0.3) is 0 Å². The van der Waals surface area contributed by atoms with Gasteiger partial charge in [0.05, 0.1) is 74.4 Å². The molecule has 6 aromatic rings. The van der Waals surface area contributed by atoms with Crippen LogP contribution in [0.15, 0.2) is 124 Å². The predicted molar refractivity (Wildman–Crippen MR) is 394 cm³/mol. The molecule has 3 aliphatic rings. The lowest BCUT2D eigenvalue weighted by molar-refractivity contribution is -0.152. The molecule has 39 heteroatoms. The summed E-state index contributed by atoms with van der Waals surface area (Å²) in [5, 5.41) is 31.4. The number of carbonyl (C=O) groups is 3. The number of ether oxygens (including phenoxy) is 6. The van der Waals surface area contributed by atoms with Crippen molar-refractivity contribution in [2.75, 3.05) is 38.3 Å². The number of para-hydroxylation sites is 3. The number of nitrogens with one attached hydrogen (secondary N) is 3. The summed E-state index contributed by atoms with van der Waals surface area (Å²) < 4.78 is 156. The second kappa shape index (κ2) is 39.2. The van der Waals surface area contributed by atoms with E-state index in [-0.39, 0.29) is 85.0 Å². The maximum atomic E-state index is 15.0. The van der Waals surface area contributed by atoms with Crippen molar-refractivity contribution in [1.82, 2.24) is 28.7 Å². The third-order valence-corrected chi connectivity index (χ3v) is 23.2. The van der Waals surface area contributed by atoms with Crippen LogP contribution in [0.4, 0.5) is 13.2 Å². The van der Waals surface area contributed by atoms with E-state index in [0.29, 0.717) is 0 Å². The lowest BCUT2D eigenvalue weighted by atomic mass is 10.1. The molecule has 6 heterocycles. The molecule has 0 amide bonds. The SMILES string of the molecule is Cc1cn([C@H]2O[C@@H](COP(=O)(C[C@@H](C)C(=O)OC(C)C)Oc3ccccc3)C(O)[C@H]2F)c(=S)[nH]c1=O.Cc1cn([C@H]2O[C@@H](CO[P@@](=O)(C[C@@H](C)C(=O)OC(C)C)Oc3ccccc3)C(O)[C@H]2F)c(=S)[nH]c1=O.Cc1cn([C@H]2O[C@@H](CO[P@](=O)(C[C@@H](C)C(=O)OC(C)C)Oc3ccccc3)C(O)[C@H]2F)c(=S)[nH]c1=O. The Bertz CT molecular complexity index is 4110. The van der Waals surface area contributed by atoms with E-state index >= 15 is 0 Å². The highest BCUT2D eigenvalue weighted by atomic mass is 32.1. The van der Waals surface area contributed by atoms with Crippen LogP contribution in [0.1, 0.15) is 97.7 Å². The van der Waals surface area contributed by atoms with Gasteiger partial charge >= 0.3 is 40.7 Å². The number of aromatic amines is 3. The van der Waals surface area contributed by atoms with Crippen LogP contribution in [0.5, 0.6) is 17.2 Å². The van der Waals surface area contributed by atoms with Gasteiger partial charge in [0, 0.05) is 35.3 Å². The number of hydrogen-bond acceptors (Lipinski definition) is 27. The number of alkyl halides is 3. The largest absolute Gasteiger partial charge is 0.463 e. The van der Waals surface area contributed by atoms with E-state index in [1.807, 2.05) is 0 Å². The first-order chi connectivity index (χ1) is 50.7. The van der Waals surface area contributed by atoms with E-state index in [1.165, 1.54) is 73.8 Å². The predicted octanol–water partition coefficient (Wildman–Crippen LogP) is 11.1. The number of carbonyl (C=O) groups excluding carboxylic acids is 3. The molecule has 0 aliphatic carbocycles. The molecule has 30 nitrogen and oxygen atoms in total. The number of rotatable bonds is 30. The van der Waals surface area contributed by atoms with Gasteiger partial charge in [-0.2, -0.15) is 0 Å². The van der Waals surface area contributed by atoms with Crippen molar-refractivity contribution in [2.24, 2.45) is 17.8 Å². The molecule has 6 N–H and O–H groups in total. The molecule has 3 fully saturated rings. The van der Waals surface area contributed by atoms with Gasteiger partial charge in [-0.3, -0.25) is 71.0 Å². The number of hydrogen-bond donors (Lipinski definition) is 6. The smallest absolute Gasteiger partial charge is 0.380 e. The van der Waals surface area contributed by atoms with E-state index in [0.717, 1.165) is 0 Å². The fourth-order valence-electron chi connectivity index (χ4n) is 10.6. The van der Waals surface area contributed by atoms with Gasteiger partial charge in [-0.25, -0.2) is 26.9 Å². The van der Waals surface area contributed by atoms with Crippen molar-refractivity contribution in [3.05, 3.63) is 172 Å². The number of esters is 3. The van der Waals surface area contributed by atoms with Crippen LogP contribution in [-0.4, -0.2) is 174 Å². The Labute approximate surface area is 635 Å². The summed E-state index contributed by atoms with van der Waals surface area (Å²) in [6.07, 6.45) is -16.4. The number of aliphatic hydroxyl groups excluding tert-OH is 3. The number of H-pyrrole nitrogens is 3. The fraction of sp³-hybridized carbons (Fsp3) is 0.522.